The van der Waals surface area contributed by atoms with Crippen LogP contribution in [0.4, 0.5) is 4.79 Å². The molecule has 5 heteroatoms. The average Bonchev–Trinajstić information content (AvgIpc) is 2.12. The Kier molecular flexibility index (Phi) is 4.23. The lowest BCUT2D eigenvalue weighted by Crippen LogP contribution is -2.45. The molecule has 0 aliphatic heterocycles. The predicted molar refractivity (Wildman–Crippen MR) is 50.3 cm³/mol. The summed E-state index contributed by atoms with van der Waals surface area (Å²) in [6.07, 6.45) is 0. The number of hydrogen-bond acceptors (Lipinski definition) is 2. The van der Waals surface area contributed by atoms with E-state index in [-0.39, 0.29) is 11.9 Å². The molecular weight excluding hydrogens is 170 g/mol. The molecule has 0 aromatic rings. The van der Waals surface area contributed by atoms with E-state index >= 15 is 0 Å². The monoisotopic (exact) mass is 187 g/mol. The largest absolute Gasteiger partial charge is 0.359 e. The number of urea groups is 1. The molecule has 0 bridgehead atoms. The lowest BCUT2D eigenvalue weighted by Gasteiger charge is -2.22. The van der Waals surface area contributed by atoms with E-state index in [9.17, 15) is 9.59 Å². The zero-order chi connectivity index (χ0) is 10.5. The van der Waals surface area contributed by atoms with Crippen LogP contribution in [0, 0.1) is 5.41 Å². The van der Waals surface area contributed by atoms with Gasteiger partial charge < -0.3 is 16.0 Å². The fraction of sp³-hybridized carbons (Fsp3) is 0.750. The molecule has 0 aromatic heterocycles. The number of nitrogens with one attached hydrogen (secondary N) is 3. The predicted octanol–water partition coefficient (Wildman–Crippen LogP) is -0.312. The molecule has 0 aliphatic carbocycles. The molecule has 13 heavy (non-hydrogen) atoms. The normalized spacial score (nSPS) is 10.5. The summed E-state index contributed by atoms with van der Waals surface area (Å²) in [6, 6.07) is -0.281. The molecule has 0 saturated heterocycles. The summed E-state index contributed by atoms with van der Waals surface area (Å²) < 4.78 is 0. The van der Waals surface area contributed by atoms with Gasteiger partial charge in [0.1, 0.15) is 0 Å². The molecule has 3 amide bonds. The molecule has 0 saturated carbocycles. The van der Waals surface area contributed by atoms with Crippen LogP contribution in [-0.4, -0.2) is 32.6 Å². The number of hydrogen-bond donors (Lipinski definition) is 3. The maximum atomic E-state index is 11.3. The van der Waals surface area contributed by atoms with E-state index < -0.39 is 5.41 Å². The number of carbonyl (C=O) groups excluding carboxylic acids is 2. The van der Waals surface area contributed by atoms with Gasteiger partial charge in [-0.15, -0.1) is 0 Å². The van der Waals surface area contributed by atoms with Crippen LogP contribution < -0.4 is 16.0 Å². The minimum absolute atomic E-state index is 0.0936. The first-order valence-corrected chi connectivity index (χ1v) is 4.12. The Morgan fingerprint density at radius 1 is 1.15 bits per heavy atom. The first-order valence-electron chi connectivity index (χ1n) is 4.12. The lowest BCUT2D eigenvalue weighted by molar-refractivity contribution is -0.128. The number of amides is 3. The van der Waals surface area contributed by atoms with Gasteiger partial charge in [-0.05, 0) is 13.8 Å². The van der Waals surface area contributed by atoms with Crippen LogP contribution in [0.1, 0.15) is 13.8 Å². The standard InChI is InChI=1S/C8H17N3O2/c1-8(2,6(12)9-3)5-11-7(13)10-4/h5H2,1-4H3,(H,9,12)(H2,10,11,13). The highest BCUT2D eigenvalue weighted by molar-refractivity contribution is 5.82. The van der Waals surface area contributed by atoms with Crippen LogP contribution in [0.25, 0.3) is 0 Å². The molecule has 3 N–H and O–H groups in total. The molecule has 0 aromatic carbocycles. The topological polar surface area (TPSA) is 70.2 Å². The summed E-state index contributed by atoms with van der Waals surface area (Å²) in [5.41, 5.74) is -0.582. The highest BCUT2D eigenvalue weighted by Crippen LogP contribution is 2.12. The van der Waals surface area contributed by atoms with Crippen LogP contribution in [-0.2, 0) is 4.79 Å². The van der Waals surface area contributed by atoms with Crippen molar-refractivity contribution in [3.63, 3.8) is 0 Å². The van der Waals surface area contributed by atoms with Crippen LogP contribution >= 0.6 is 0 Å². The third-order valence-corrected chi connectivity index (χ3v) is 1.76. The Bertz CT molecular complexity index is 202. The molecule has 5 nitrogen and oxygen atoms in total. The smallest absolute Gasteiger partial charge is 0.314 e. The second-order valence-electron chi connectivity index (χ2n) is 3.40. The van der Waals surface area contributed by atoms with Gasteiger partial charge in [-0.1, -0.05) is 0 Å². The van der Waals surface area contributed by atoms with Crippen molar-refractivity contribution in [2.75, 3.05) is 20.6 Å². The fourth-order valence-corrected chi connectivity index (χ4v) is 0.808. The minimum atomic E-state index is -0.582. The molecule has 0 atom stereocenters. The van der Waals surface area contributed by atoms with Crippen LogP contribution in [0.15, 0.2) is 0 Å². The third-order valence-electron chi connectivity index (χ3n) is 1.76. The van der Waals surface area contributed by atoms with Crippen LogP contribution in [0.3, 0.4) is 0 Å². The quantitative estimate of drug-likeness (QED) is 0.567. The highest BCUT2D eigenvalue weighted by Gasteiger charge is 2.26. The van der Waals surface area contributed by atoms with E-state index in [1.807, 2.05) is 0 Å². The minimum Gasteiger partial charge on any atom is -0.359 e. The van der Waals surface area contributed by atoms with E-state index in [2.05, 4.69) is 16.0 Å². The Morgan fingerprint density at radius 2 is 1.69 bits per heavy atom. The molecule has 76 valence electrons. The number of rotatable bonds is 3. The van der Waals surface area contributed by atoms with Gasteiger partial charge in [0.05, 0.1) is 5.41 Å². The Balaban J connectivity index is 4.03. The average molecular weight is 187 g/mol. The molecule has 0 rings (SSSR count). The fourth-order valence-electron chi connectivity index (χ4n) is 0.808. The van der Waals surface area contributed by atoms with E-state index in [0.29, 0.717) is 6.54 Å². The van der Waals surface area contributed by atoms with E-state index in [0.717, 1.165) is 0 Å². The van der Waals surface area contributed by atoms with Crippen molar-refractivity contribution in [2.45, 2.75) is 13.8 Å². The van der Waals surface area contributed by atoms with Gasteiger partial charge in [-0.25, -0.2) is 4.79 Å². The van der Waals surface area contributed by atoms with E-state index in [4.69, 9.17) is 0 Å². The maximum Gasteiger partial charge on any atom is 0.314 e. The zero-order valence-corrected chi connectivity index (χ0v) is 8.52. The molecule has 0 spiro atoms. The number of carbonyl (C=O) groups is 2. The van der Waals surface area contributed by atoms with Gasteiger partial charge in [0.2, 0.25) is 5.91 Å². The summed E-state index contributed by atoms with van der Waals surface area (Å²) in [5, 5.41) is 7.53. The van der Waals surface area contributed by atoms with Crippen molar-refractivity contribution in [3.8, 4) is 0 Å². The SMILES string of the molecule is CNC(=O)NCC(C)(C)C(=O)NC. The van der Waals surface area contributed by atoms with Crippen LogP contribution in [0.2, 0.25) is 0 Å². The first-order chi connectivity index (χ1) is 5.94. The van der Waals surface area contributed by atoms with Gasteiger partial charge in [0, 0.05) is 20.6 Å². The molecule has 0 heterocycles. The maximum absolute atomic E-state index is 11.3. The van der Waals surface area contributed by atoms with Crippen LogP contribution in [0.5, 0.6) is 0 Å². The summed E-state index contributed by atoms with van der Waals surface area (Å²) >= 11 is 0. The van der Waals surface area contributed by atoms with Crippen molar-refractivity contribution in [3.05, 3.63) is 0 Å². The molecule has 0 unspecified atom stereocenters. The van der Waals surface area contributed by atoms with Crippen molar-refractivity contribution in [1.29, 1.82) is 0 Å². The summed E-state index contributed by atoms with van der Waals surface area (Å²) in [5.74, 6) is -0.0936. The molecular formula is C8H17N3O2. The lowest BCUT2D eigenvalue weighted by atomic mass is 9.92. The molecule has 0 radical (unpaired) electrons. The van der Waals surface area contributed by atoms with Gasteiger partial charge in [-0.3, -0.25) is 4.79 Å². The summed E-state index contributed by atoms with van der Waals surface area (Å²) in [4.78, 5) is 22.1. The van der Waals surface area contributed by atoms with Crippen molar-refractivity contribution in [2.24, 2.45) is 5.41 Å². The van der Waals surface area contributed by atoms with Gasteiger partial charge in [0.25, 0.3) is 0 Å². The highest BCUT2D eigenvalue weighted by atomic mass is 16.2. The van der Waals surface area contributed by atoms with Crippen molar-refractivity contribution >= 4 is 11.9 Å². The second-order valence-corrected chi connectivity index (χ2v) is 3.40. The first kappa shape index (κ1) is 11.7. The van der Waals surface area contributed by atoms with Crippen molar-refractivity contribution < 1.29 is 9.59 Å². The van der Waals surface area contributed by atoms with Crippen molar-refractivity contribution in [1.82, 2.24) is 16.0 Å². The second kappa shape index (κ2) is 4.69. The molecule has 0 fully saturated rings. The van der Waals surface area contributed by atoms with Gasteiger partial charge in [0.15, 0.2) is 0 Å². The summed E-state index contributed by atoms with van der Waals surface area (Å²) in [6.45, 7) is 3.84. The van der Waals surface area contributed by atoms with Gasteiger partial charge >= 0.3 is 6.03 Å². The zero-order valence-electron chi connectivity index (χ0n) is 8.52. The Hall–Kier alpha value is -1.26. The molecule has 0 aliphatic rings. The van der Waals surface area contributed by atoms with E-state index in [1.54, 1.807) is 20.9 Å². The summed E-state index contributed by atoms with van der Waals surface area (Å²) in [7, 11) is 3.10. The Labute approximate surface area is 78.3 Å². The van der Waals surface area contributed by atoms with Gasteiger partial charge in [-0.2, -0.15) is 0 Å². The third kappa shape index (κ3) is 3.78. The Morgan fingerprint density at radius 3 is 2.08 bits per heavy atom. The van der Waals surface area contributed by atoms with E-state index in [1.165, 1.54) is 7.05 Å².